The average Bonchev–Trinajstić information content (AvgIpc) is 2.98. The third-order valence-electron chi connectivity index (χ3n) is 3.44. The molecule has 3 N–H and O–H groups in total. The summed E-state index contributed by atoms with van der Waals surface area (Å²) in [6.07, 6.45) is 3.05. The Morgan fingerprint density at radius 3 is 2.50 bits per heavy atom. The second kappa shape index (κ2) is 5.15. The Bertz CT molecular complexity index is 247. The molecule has 0 aromatic rings. The van der Waals surface area contributed by atoms with Crippen molar-refractivity contribution in [3.63, 3.8) is 0 Å². The van der Waals surface area contributed by atoms with Gasteiger partial charge in [-0.05, 0) is 33.1 Å². The van der Waals surface area contributed by atoms with E-state index in [1.54, 1.807) is 0 Å². The number of rotatable bonds is 7. The molecule has 94 valence electrons. The second-order valence-electron chi connectivity index (χ2n) is 5.55. The Balaban J connectivity index is 2.16. The highest BCUT2D eigenvalue weighted by molar-refractivity contribution is 5.78. The van der Waals surface area contributed by atoms with Crippen molar-refractivity contribution in [2.45, 2.75) is 45.6 Å². The third-order valence-corrected chi connectivity index (χ3v) is 3.44. The van der Waals surface area contributed by atoms with Gasteiger partial charge in [-0.1, -0.05) is 6.92 Å². The molecule has 1 saturated carbocycles. The maximum atomic E-state index is 11.6. The fraction of sp³-hybridized carbons (Fsp3) is 0.917. The summed E-state index contributed by atoms with van der Waals surface area (Å²) in [5.41, 5.74) is -0.0619. The number of carbonyl (C=O) groups is 1. The van der Waals surface area contributed by atoms with E-state index in [4.69, 9.17) is 5.11 Å². The lowest BCUT2D eigenvalue weighted by molar-refractivity contribution is -0.121. The zero-order chi connectivity index (χ0) is 12.2. The van der Waals surface area contributed by atoms with E-state index in [1.807, 2.05) is 13.8 Å². The largest absolute Gasteiger partial charge is 0.396 e. The van der Waals surface area contributed by atoms with Crippen molar-refractivity contribution in [3.8, 4) is 0 Å². The molecule has 1 aliphatic rings. The van der Waals surface area contributed by atoms with E-state index in [1.165, 1.54) is 0 Å². The van der Waals surface area contributed by atoms with Crippen molar-refractivity contribution in [1.29, 1.82) is 0 Å². The van der Waals surface area contributed by atoms with Crippen molar-refractivity contribution in [3.05, 3.63) is 0 Å². The first kappa shape index (κ1) is 13.5. The van der Waals surface area contributed by atoms with Crippen molar-refractivity contribution >= 4 is 5.91 Å². The van der Waals surface area contributed by atoms with E-state index in [-0.39, 0.29) is 23.5 Å². The Morgan fingerprint density at radius 2 is 2.06 bits per heavy atom. The maximum Gasteiger partial charge on any atom is 0.234 e. The number of aliphatic hydroxyl groups is 1. The average molecular weight is 228 g/mol. The van der Waals surface area contributed by atoms with E-state index in [9.17, 15) is 4.79 Å². The molecule has 1 aliphatic carbocycles. The van der Waals surface area contributed by atoms with Crippen LogP contribution in [0.5, 0.6) is 0 Å². The van der Waals surface area contributed by atoms with Gasteiger partial charge in [-0.2, -0.15) is 0 Å². The van der Waals surface area contributed by atoms with Crippen LogP contribution in [-0.2, 0) is 4.79 Å². The van der Waals surface area contributed by atoms with Crippen LogP contribution in [0, 0.1) is 5.41 Å². The molecule has 16 heavy (non-hydrogen) atoms. The molecule has 0 aliphatic heterocycles. The number of carbonyl (C=O) groups excluding carboxylic acids is 1. The highest BCUT2D eigenvalue weighted by atomic mass is 16.3. The molecular weight excluding hydrogens is 204 g/mol. The minimum atomic E-state index is -0.132. The van der Waals surface area contributed by atoms with E-state index >= 15 is 0 Å². The lowest BCUT2D eigenvalue weighted by atomic mass is 10.0. The van der Waals surface area contributed by atoms with Crippen LogP contribution in [-0.4, -0.2) is 36.2 Å². The van der Waals surface area contributed by atoms with Gasteiger partial charge in [0.1, 0.15) is 0 Å². The minimum Gasteiger partial charge on any atom is -0.396 e. The summed E-state index contributed by atoms with van der Waals surface area (Å²) in [5, 5.41) is 15.2. The summed E-state index contributed by atoms with van der Waals surface area (Å²) in [6.45, 7) is 7.39. The first-order valence-corrected chi connectivity index (χ1v) is 6.06. The fourth-order valence-electron chi connectivity index (χ4n) is 1.52. The van der Waals surface area contributed by atoms with Crippen LogP contribution >= 0.6 is 0 Å². The highest BCUT2D eigenvalue weighted by Crippen LogP contribution is 2.44. The molecule has 0 saturated heterocycles. The SMILES string of the molecule is CCC(C)(C)NC(=O)CNCC1(CO)CC1. The molecule has 0 spiro atoms. The topological polar surface area (TPSA) is 61.4 Å². The van der Waals surface area contributed by atoms with Crippen LogP contribution in [0.15, 0.2) is 0 Å². The summed E-state index contributed by atoms with van der Waals surface area (Å²) in [5.74, 6) is 0.0283. The molecule has 4 nitrogen and oxygen atoms in total. The van der Waals surface area contributed by atoms with Gasteiger partial charge in [0.25, 0.3) is 0 Å². The van der Waals surface area contributed by atoms with Gasteiger partial charge in [0, 0.05) is 24.1 Å². The van der Waals surface area contributed by atoms with Crippen LogP contribution in [0.4, 0.5) is 0 Å². The normalized spacial score (nSPS) is 18.2. The zero-order valence-electron chi connectivity index (χ0n) is 10.6. The highest BCUT2D eigenvalue weighted by Gasteiger charge is 2.41. The van der Waals surface area contributed by atoms with Crippen LogP contribution in [0.25, 0.3) is 0 Å². The molecular formula is C12H24N2O2. The monoisotopic (exact) mass is 228 g/mol. The lowest BCUT2D eigenvalue weighted by Gasteiger charge is -2.24. The summed E-state index contributed by atoms with van der Waals surface area (Å²) >= 11 is 0. The predicted octanol–water partition coefficient (Wildman–Crippen LogP) is 0.653. The molecule has 0 radical (unpaired) electrons. The van der Waals surface area contributed by atoms with Gasteiger partial charge in [-0.15, -0.1) is 0 Å². The Morgan fingerprint density at radius 1 is 1.44 bits per heavy atom. The number of aliphatic hydroxyl groups excluding tert-OH is 1. The number of hydrogen-bond acceptors (Lipinski definition) is 3. The summed E-state index contributed by atoms with van der Waals surface area (Å²) in [6, 6.07) is 0. The van der Waals surface area contributed by atoms with Crippen LogP contribution in [0.2, 0.25) is 0 Å². The van der Waals surface area contributed by atoms with E-state index in [0.29, 0.717) is 6.54 Å². The van der Waals surface area contributed by atoms with Crippen molar-refractivity contribution in [1.82, 2.24) is 10.6 Å². The maximum absolute atomic E-state index is 11.6. The number of hydrogen-bond donors (Lipinski definition) is 3. The van der Waals surface area contributed by atoms with Gasteiger partial charge in [-0.3, -0.25) is 4.79 Å². The molecule has 0 unspecified atom stereocenters. The van der Waals surface area contributed by atoms with Gasteiger partial charge >= 0.3 is 0 Å². The molecule has 0 heterocycles. The zero-order valence-corrected chi connectivity index (χ0v) is 10.6. The third kappa shape index (κ3) is 4.10. The molecule has 1 amide bonds. The van der Waals surface area contributed by atoms with Gasteiger partial charge in [0.2, 0.25) is 5.91 Å². The lowest BCUT2D eigenvalue weighted by Crippen LogP contribution is -2.47. The predicted molar refractivity (Wildman–Crippen MR) is 64.1 cm³/mol. The number of nitrogens with one attached hydrogen (secondary N) is 2. The molecule has 0 aromatic carbocycles. The summed E-state index contributed by atoms with van der Waals surface area (Å²) in [4.78, 5) is 11.6. The minimum absolute atomic E-state index is 0.0283. The van der Waals surface area contributed by atoms with Crippen LogP contribution in [0.3, 0.4) is 0 Å². The van der Waals surface area contributed by atoms with Crippen LogP contribution in [0.1, 0.15) is 40.0 Å². The molecule has 0 bridgehead atoms. The summed E-state index contributed by atoms with van der Waals surface area (Å²) in [7, 11) is 0. The molecule has 4 heteroatoms. The Hall–Kier alpha value is -0.610. The molecule has 0 atom stereocenters. The van der Waals surface area contributed by atoms with Crippen molar-refractivity contribution in [2.75, 3.05) is 19.7 Å². The van der Waals surface area contributed by atoms with Gasteiger partial charge in [0.05, 0.1) is 6.54 Å². The standard InChI is InChI=1S/C12H24N2O2/c1-4-11(2,3)14-10(16)7-13-8-12(9-15)5-6-12/h13,15H,4-9H2,1-3H3,(H,14,16). The Labute approximate surface area is 97.8 Å². The summed E-state index contributed by atoms with van der Waals surface area (Å²) < 4.78 is 0. The second-order valence-corrected chi connectivity index (χ2v) is 5.55. The number of amides is 1. The smallest absolute Gasteiger partial charge is 0.234 e. The van der Waals surface area contributed by atoms with E-state index < -0.39 is 0 Å². The fourth-order valence-corrected chi connectivity index (χ4v) is 1.52. The van der Waals surface area contributed by atoms with E-state index in [0.717, 1.165) is 25.8 Å². The van der Waals surface area contributed by atoms with Crippen molar-refractivity contribution in [2.24, 2.45) is 5.41 Å². The quantitative estimate of drug-likeness (QED) is 0.599. The van der Waals surface area contributed by atoms with E-state index in [2.05, 4.69) is 17.6 Å². The van der Waals surface area contributed by atoms with Crippen molar-refractivity contribution < 1.29 is 9.90 Å². The van der Waals surface area contributed by atoms with Gasteiger partial charge in [-0.25, -0.2) is 0 Å². The first-order valence-electron chi connectivity index (χ1n) is 6.06. The van der Waals surface area contributed by atoms with Gasteiger partial charge < -0.3 is 15.7 Å². The molecule has 0 aromatic heterocycles. The first-order chi connectivity index (χ1) is 7.43. The van der Waals surface area contributed by atoms with Gasteiger partial charge in [0.15, 0.2) is 0 Å². The molecule has 1 fully saturated rings. The molecule has 1 rings (SSSR count). The van der Waals surface area contributed by atoms with Crippen LogP contribution < -0.4 is 10.6 Å². The Kier molecular flexibility index (Phi) is 4.33.